The van der Waals surface area contributed by atoms with Gasteiger partial charge in [-0.3, -0.25) is 14.2 Å². The number of thiazole rings is 1. The van der Waals surface area contributed by atoms with Gasteiger partial charge in [0.1, 0.15) is 0 Å². The summed E-state index contributed by atoms with van der Waals surface area (Å²) in [6, 6.07) is 13.2. The van der Waals surface area contributed by atoms with Crippen LogP contribution < -0.4 is 10.9 Å². The van der Waals surface area contributed by atoms with Gasteiger partial charge in [-0.1, -0.05) is 24.3 Å². The largest absolute Gasteiger partial charge is 0.352 e. The number of rotatable bonds is 5. The van der Waals surface area contributed by atoms with Crippen LogP contribution in [0.15, 0.2) is 52.6 Å². The van der Waals surface area contributed by atoms with Crippen LogP contribution in [0.25, 0.3) is 22.2 Å². The third-order valence-electron chi connectivity index (χ3n) is 4.93. The molecule has 2 aromatic carbocycles. The highest BCUT2D eigenvalue weighted by atomic mass is 32.1. The Balaban J connectivity index is 1.40. The summed E-state index contributed by atoms with van der Waals surface area (Å²) in [5.41, 5.74) is 4.07. The predicted molar refractivity (Wildman–Crippen MR) is 123 cm³/mol. The lowest BCUT2D eigenvalue weighted by molar-refractivity contribution is 0.0954. The molecule has 4 rings (SSSR count). The lowest BCUT2D eigenvalue weighted by Gasteiger charge is -2.08. The highest BCUT2D eigenvalue weighted by molar-refractivity contribution is 7.71. The molecule has 0 spiro atoms. The van der Waals surface area contributed by atoms with E-state index >= 15 is 0 Å². The molecule has 6 nitrogen and oxygen atoms in total. The highest BCUT2D eigenvalue weighted by Gasteiger charge is 2.09. The number of aryl methyl sites for hydroxylation is 1. The predicted octanol–water partition coefficient (Wildman–Crippen LogP) is 4.00. The van der Waals surface area contributed by atoms with Crippen LogP contribution in [-0.2, 0) is 13.5 Å². The highest BCUT2D eigenvalue weighted by Crippen LogP contribution is 2.21. The average molecular weight is 437 g/mol. The van der Waals surface area contributed by atoms with Crippen LogP contribution in [0.4, 0.5) is 0 Å². The van der Waals surface area contributed by atoms with Crippen molar-refractivity contribution in [2.24, 2.45) is 7.05 Å². The van der Waals surface area contributed by atoms with Crippen LogP contribution in [-0.4, -0.2) is 27.0 Å². The van der Waals surface area contributed by atoms with E-state index in [0.29, 0.717) is 27.8 Å². The Bertz CT molecular complexity index is 1350. The molecule has 0 fully saturated rings. The van der Waals surface area contributed by atoms with E-state index in [1.54, 1.807) is 36.6 Å². The van der Waals surface area contributed by atoms with Crippen molar-refractivity contribution in [2.45, 2.75) is 13.3 Å². The summed E-state index contributed by atoms with van der Waals surface area (Å²) in [6.07, 6.45) is 0.721. The van der Waals surface area contributed by atoms with Crippen molar-refractivity contribution >= 4 is 40.4 Å². The van der Waals surface area contributed by atoms with Gasteiger partial charge in [0.05, 0.1) is 21.6 Å². The van der Waals surface area contributed by atoms with Gasteiger partial charge < -0.3 is 10.3 Å². The number of aromatic nitrogens is 3. The summed E-state index contributed by atoms with van der Waals surface area (Å²) in [6.45, 7) is 2.51. The van der Waals surface area contributed by atoms with Crippen molar-refractivity contribution < 1.29 is 4.79 Å². The quantitative estimate of drug-likeness (QED) is 0.464. The van der Waals surface area contributed by atoms with Crippen LogP contribution in [0.1, 0.15) is 20.9 Å². The van der Waals surface area contributed by atoms with Crippen molar-refractivity contribution in [2.75, 3.05) is 6.54 Å². The maximum absolute atomic E-state index is 12.5. The van der Waals surface area contributed by atoms with E-state index in [9.17, 15) is 9.59 Å². The summed E-state index contributed by atoms with van der Waals surface area (Å²) in [5.74, 6) is -0.188. The molecule has 4 aromatic rings. The number of aromatic amines is 1. The zero-order valence-corrected chi connectivity index (χ0v) is 18.2. The number of carbonyl (C=O) groups is 1. The second kappa shape index (κ2) is 8.33. The van der Waals surface area contributed by atoms with Gasteiger partial charge >= 0.3 is 0 Å². The molecule has 0 aliphatic carbocycles. The fourth-order valence-electron chi connectivity index (χ4n) is 3.21. The number of amides is 1. The number of carbonyl (C=O) groups excluding carboxylic acids is 1. The third kappa shape index (κ3) is 4.10. The van der Waals surface area contributed by atoms with Crippen molar-refractivity contribution in [3.05, 3.63) is 79.1 Å². The van der Waals surface area contributed by atoms with Crippen LogP contribution >= 0.6 is 23.6 Å². The molecule has 2 heterocycles. The molecule has 0 bridgehead atoms. The van der Waals surface area contributed by atoms with E-state index in [2.05, 4.69) is 44.9 Å². The minimum Gasteiger partial charge on any atom is -0.352 e. The minimum atomic E-state index is -0.188. The number of benzene rings is 2. The van der Waals surface area contributed by atoms with E-state index in [1.165, 1.54) is 4.57 Å². The molecule has 8 heteroatoms. The van der Waals surface area contributed by atoms with Crippen LogP contribution in [0.3, 0.4) is 0 Å². The summed E-state index contributed by atoms with van der Waals surface area (Å²) in [5, 5.41) is 6.53. The maximum Gasteiger partial charge on any atom is 0.261 e. The average Bonchev–Trinajstić information content (AvgIpc) is 3.18. The van der Waals surface area contributed by atoms with Gasteiger partial charge in [0.2, 0.25) is 0 Å². The van der Waals surface area contributed by atoms with Gasteiger partial charge in [-0.25, -0.2) is 4.98 Å². The van der Waals surface area contributed by atoms with Gasteiger partial charge in [-0.2, -0.15) is 0 Å². The number of nitrogens with zero attached hydrogens (tertiary/aromatic N) is 2. The number of hydrogen-bond donors (Lipinski definition) is 2. The van der Waals surface area contributed by atoms with E-state index < -0.39 is 0 Å². The molecule has 0 atom stereocenters. The number of fused-ring (bicyclic) bond motifs is 1. The number of hydrogen-bond acceptors (Lipinski definition) is 5. The zero-order valence-electron chi connectivity index (χ0n) is 16.6. The summed E-state index contributed by atoms with van der Waals surface area (Å²) in [7, 11) is 1.62. The van der Waals surface area contributed by atoms with Crippen LogP contribution in [0.2, 0.25) is 0 Å². The first-order valence-electron chi connectivity index (χ1n) is 9.45. The molecule has 0 aliphatic heterocycles. The molecule has 30 heavy (non-hydrogen) atoms. The topological polar surface area (TPSA) is 79.8 Å². The van der Waals surface area contributed by atoms with E-state index in [4.69, 9.17) is 12.2 Å². The maximum atomic E-state index is 12.5. The molecule has 2 aromatic heterocycles. The van der Waals surface area contributed by atoms with Gasteiger partial charge in [-0.15, -0.1) is 11.3 Å². The lowest BCUT2D eigenvalue weighted by atomic mass is 10.1. The Hall–Kier alpha value is -3.10. The number of nitrogens with one attached hydrogen (secondary N) is 2. The fourth-order valence-corrected chi connectivity index (χ4v) is 4.02. The van der Waals surface area contributed by atoms with Crippen molar-refractivity contribution in [1.82, 2.24) is 19.9 Å². The molecule has 152 valence electrons. The Kier molecular flexibility index (Phi) is 5.61. The first-order valence-corrected chi connectivity index (χ1v) is 10.7. The molecule has 0 radical (unpaired) electrons. The Morgan fingerprint density at radius 3 is 2.70 bits per heavy atom. The van der Waals surface area contributed by atoms with Crippen molar-refractivity contribution in [1.29, 1.82) is 0 Å². The normalized spacial score (nSPS) is 11.0. The molecular weight excluding hydrogens is 416 g/mol. The SMILES string of the molecule is Cc1nc(-c2ccc(CCNC(=O)c3ccc4c(=O)n(C)c(=S)[nH]c4c3)cc2)cs1. The summed E-state index contributed by atoms with van der Waals surface area (Å²) >= 11 is 6.78. The van der Waals surface area contributed by atoms with Gasteiger partial charge in [0.15, 0.2) is 4.77 Å². The Morgan fingerprint density at radius 1 is 1.23 bits per heavy atom. The third-order valence-corrected chi connectivity index (χ3v) is 6.08. The van der Waals surface area contributed by atoms with Crippen molar-refractivity contribution in [3.63, 3.8) is 0 Å². The molecule has 1 amide bonds. The van der Waals surface area contributed by atoms with Crippen LogP contribution in [0.5, 0.6) is 0 Å². The smallest absolute Gasteiger partial charge is 0.261 e. The first-order chi connectivity index (χ1) is 14.4. The van der Waals surface area contributed by atoms with Crippen molar-refractivity contribution in [3.8, 4) is 11.3 Å². The van der Waals surface area contributed by atoms with Crippen LogP contribution in [0, 0.1) is 11.7 Å². The first kappa shape index (κ1) is 20.2. The lowest BCUT2D eigenvalue weighted by Crippen LogP contribution is -2.26. The standard InChI is InChI=1S/C22H20N4O2S2/c1-13-24-19(12-30-13)15-5-3-14(4-6-15)9-10-23-20(27)16-7-8-17-18(11-16)25-22(29)26(2)21(17)28/h3-8,11-12H,9-10H2,1-2H3,(H,23,27)(H,25,29). The van der Waals surface area contributed by atoms with Gasteiger partial charge in [0.25, 0.3) is 11.5 Å². The molecular formula is C22H20N4O2S2. The Morgan fingerprint density at radius 2 is 2.00 bits per heavy atom. The monoisotopic (exact) mass is 436 g/mol. The van der Waals surface area contributed by atoms with E-state index in [1.807, 2.05) is 6.92 Å². The molecule has 0 saturated heterocycles. The fraction of sp³-hybridized carbons (Fsp3) is 0.182. The molecule has 0 aliphatic rings. The van der Waals surface area contributed by atoms with Gasteiger partial charge in [-0.05, 0) is 49.3 Å². The number of H-pyrrole nitrogens is 1. The second-order valence-electron chi connectivity index (χ2n) is 7.01. The molecule has 0 saturated carbocycles. The Labute approximate surface area is 182 Å². The van der Waals surface area contributed by atoms with E-state index in [0.717, 1.165) is 28.2 Å². The summed E-state index contributed by atoms with van der Waals surface area (Å²) < 4.78 is 1.69. The van der Waals surface area contributed by atoms with E-state index in [-0.39, 0.29) is 11.5 Å². The zero-order chi connectivity index (χ0) is 21.3. The van der Waals surface area contributed by atoms with Gasteiger partial charge in [0, 0.05) is 30.1 Å². The molecule has 2 N–H and O–H groups in total. The molecule has 0 unspecified atom stereocenters. The summed E-state index contributed by atoms with van der Waals surface area (Å²) in [4.78, 5) is 32.3. The minimum absolute atomic E-state index is 0.183. The second-order valence-corrected chi connectivity index (χ2v) is 8.46.